The number of aromatic nitrogens is 1. The molecule has 2 heterocycles. The first-order chi connectivity index (χ1) is 10.8. The third-order valence-electron chi connectivity index (χ3n) is 3.80. The quantitative estimate of drug-likeness (QED) is 0.896. The average molecular weight is 340 g/mol. The predicted octanol–water partition coefficient (Wildman–Crippen LogP) is 2.74. The van der Waals surface area contributed by atoms with Gasteiger partial charge in [0.05, 0.1) is 13.2 Å². The van der Waals surface area contributed by atoms with Crippen LogP contribution in [-0.4, -0.2) is 47.6 Å². The molecule has 0 bridgehead atoms. The van der Waals surface area contributed by atoms with Crippen LogP contribution in [0.3, 0.4) is 0 Å². The Bertz CT molecular complexity index is 523. The second-order valence-corrected chi connectivity index (χ2v) is 7.54. The van der Waals surface area contributed by atoms with Crippen molar-refractivity contribution in [3.8, 4) is 5.75 Å². The first-order valence-corrected chi connectivity index (χ1v) is 8.47. The van der Waals surface area contributed by atoms with Crippen LogP contribution in [0, 0.1) is 5.92 Å². The summed E-state index contributed by atoms with van der Waals surface area (Å²) in [7, 11) is 0. The Kier molecular flexibility index (Phi) is 6.25. The number of halogens is 1. The van der Waals surface area contributed by atoms with Gasteiger partial charge in [-0.25, -0.2) is 0 Å². The highest BCUT2D eigenvalue weighted by molar-refractivity contribution is 6.31. The van der Waals surface area contributed by atoms with Crippen LogP contribution in [0.4, 0.5) is 0 Å². The lowest BCUT2D eigenvalue weighted by molar-refractivity contribution is -0.124. The summed E-state index contributed by atoms with van der Waals surface area (Å²) in [5.41, 5.74) is -0.174. The largest absolute Gasteiger partial charge is 0.492 e. The predicted molar refractivity (Wildman–Crippen MR) is 91.8 cm³/mol. The molecule has 5 nitrogen and oxygen atoms in total. The standard InChI is InChI=1S/C17H26ClN3O2/c1-17(2,3)20-16(22)11-21-8-5-13(6-9-21)12-23-15-4-7-19-10-14(15)18/h4,7,10,13H,5-6,8-9,11-12H2,1-3H3,(H,20,22). The second kappa shape index (κ2) is 7.97. The third kappa shape index (κ3) is 6.36. The molecule has 0 radical (unpaired) electrons. The van der Waals surface area contributed by atoms with Gasteiger partial charge in [0.15, 0.2) is 0 Å². The van der Waals surface area contributed by atoms with Gasteiger partial charge in [-0.3, -0.25) is 14.7 Å². The second-order valence-electron chi connectivity index (χ2n) is 7.13. The molecule has 0 atom stereocenters. The topological polar surface area (TPSA) is 54.5 Å². The van der Waals surface area contributed by atoms with Crippen LogP contribution < -0.4 is 10.1 Å². The number of piperidine rings is 1. The molecule has 6 heteroatoms. The van der Waals surface area contributed by atoms with Crippen LogP contribution in [0.1, 0.15) is 33.6 Å². The fourth-order valence-electron chi connectivity index (χ4n) is 2.66. The summed E-state index contributed by atoms with van der Waals surface area (Å²) in [6, 6.07) is 1.79. The molecule has 1 aliphatic rings. The Morgan fingerprint density at radius 3 is 2.74 bits per heavy atom. The zero-order chi connectivity index (χ0) is 16.9. The monoisotopic (exact) mass is 339 g/mol. The molecule has 1 fully saturated rings. The summed E-state index contributed by atoms with van der Waals surface area (Å²) < 4.78 is 5.79. The van der Waals surface area contributed by atoms with Gasteiger partial charge in [0.25, 0.3) is 0 Å². The van der Waals surface area contributed by atoms with Crippen LogP contribution in [-0.2, 0) is 4.79 Å². The number of hydrogen-bond donors (Lipinski definition) is 1. The summed E-state index contributed by atoms with van der Waals surface area (Å²) in [6.07, 6.45) is 5.34. The molecule has 0 saturated carbocycles. The third-order valence-corrected chi connectivity index (χ3v) is 4.08. The van der Waals surface area contributed by atoms with E-state index in [4.69, 9.17) is 16.3 Å². The molecule has 1 aromatic heterocycles. The molecule has 1 aliphatic heterocycles. The summed E-state index contributed by atoms with van der Waals surface area (Å²) in [5.74, 6) is 1.28. The number of amides is 1. The van der Waals surface area contributed by atoms with Crippen molar-refractivity contribution >= 4 is 17.5 Å². The number of nitrogens with zero attached hydrogens (tertiary/aromatic N) is 2. The normalized spacial score (nSPS) is 17.0. The Labute approximate surface area is 143 Å². The minimum atomic E-state index is -0.174. The van der Waals surface area contributed by atoms with Crippen LogP contribution >= 0.6 is 11.6 Å². The first kappa shape index (κ1) is 18.0. The molecule has 0 aromatic carbocycles. The fraction of sp³-hybridized carbons (Fsp3) is 0.647. The van der Waals surface area contributed by atoms with E-state index in [1.807, 2.05) is 20.8 Å². The minimum Gasteiger partial charge on any atom is -0.492 e. The lowest BCUT2D eigenvalue weighted by atomic mass is 9.98. The van der Waals surface area contributed by atoms with Gasteiger partial charge in [-0.05, 0) is 52.6 Å². The van der Waals surface area contributed by atoms with Gasteiger partial charge in [-0.1, -0.05) is 11.6 Å². The molecule has 128 valence electrons. The van der Waals surface area contributed by atoms with E-state index in [0.717, 1.165) is 25.9 Å². The number of pyridine rings is 1. The maximum atomic E-state index is 12.0. The molecule has 1 N–H and O–H groups in total. The highest BCUT2D eigenvalue weighted by Crippen LogP contribution is 2.24. The molecule has 1 aromatic rings. The van der Waals surface area contributed by atoms with Crippen molar-refractivity contribution in [2.75, 3.05) is 26.2 Å². The molecule has 1 saturated heterocycles. The number of hydrogen-bond acceptors (Lipinski definition) is 4. The van der Waals surface area contributed by atoms with E-state index in [9.17, 15) is 4.79 Å². The molecule has 0 aliphatic carbocycles. The fourth-order valence-corrected chi connectivity index (χ4v) is 2.83. The highest BCUT2D eigenvalue weighted by atomic mass is 35.5. The molecule has 1 amide bonds. The van der Waals surface area contributed by atoms with Crippen molar-refractivity contribution < 1.29 is 9.53 Å². The van der Waals surface area contributed by atoms with E-state index in [2.05, 4.69) is 15.2 Å². The van der Waals surface area contributed by atoms with Crippen molar-refractivity contribution in [2.45, 2.75) is 39.2 Å². The molecule has 0 unspecified atom stereocenters. The summed E-state index contributed by atoms with van der Waals surface area (Å²) in [5, 5.41) is 3.55. The number of carbonyl (C=O) groups excluding carboxylic acids is 1. The zero-order valence-corrected chi connectivity index (χ0v) is 14.9. The van der Waals surface area contributed by atoms with Crippen molar-refractivity contribution in [3.63, 3.8) is 0 Å². The number of ether oxygens (including phenoxy) is 1. The lowest BCUT2D eigenvalue weighted by Crippen LogP contribution is -2.47. The summed E-state index contributed by atoms with van der Waals surface area (Å²) >= 11 is 6.03. The SMILES string of the molecule is CC(C)(C)NC(=O)CN1CCC(COc2ccncc2Cl)CC1. The van der Waals surface area contributed by atoms with Crippen molar-refractivity contribution in [2.24, 2.45) is 5.92 Å². The van der Waals surface area contributed by atoms with Crippen LogP contribution in [0.15, 0.2) is 18.5 Å². The van der Waals surface area contributed by atoms with Crippen LogP contribution in [0.2, 0.25) is 5.02 Å². The number of rotatable bonds is 5. The van der Waals surface area contributed by atoms with E-state index in [1.165, 1.54) is 0 Å². The average Bonchev–Trinajstić information content (AvgIpc) is 2.46. The van der Waals surface area contributed by atoms with E-state index < -0.39 is 0 Å². The Morgan fingerprint density at radius 2 is 2.13 bits per heavy atom. The molecule has 0 spiro atoms. The summed E-state index contributed by atoms with van der Waals surface area (Å²) in [4.78, 5) is 18.1. The minimum absolute atomic E-state index is 0.0933. The maximum Gasteiger partial charge on any atom is 0.234 e. The number of carbonyl (C=O) groups is 1. The van der Waals surface area contributed by atoms with Gasteiger partial charge in [0.2, 0.25) is 5.91 Å². The van der Waals surface area contributed by atoms with E-state index in [1.54, 1.807) is 18.5 Å². The van der Waals surface area contributed by atoms with Crippen LogP contribution in [0.5, 0.6) is 5.75 Å². The van der Waals surface area contributed by atoms with Gasteiger partial charge in [0, 0.05) is 24.0 Å². The van der Waals surface area contributed by atoms with E-state index in [-0.39, 0.29) is 11.4 Å². The summed E-state index contributed by atoms with van der Waals surface area (Å²) in [6.45, 7) is 8.98. The molecule has 2 rings (SSSR count). The first-order valence-electron chi connectivity index (χ1n) is 8.09. The van der Waals surface area contributed by atoms with E-state index in [0.29, 0.717) is 29.8 Å². The van der Waals surface area contributed by atoms with Crippen molar-refractivity contribution in [3.05, 3.63) is 23.5 Å². The van der Waals surface area contributed by atoms with Gasteiger partial charge < -0.3 is 10.1 Å². The number of likely N-dealkylation sites (tertiary alicyclic amines) is 1. The van der Waals surface area contributed by atoms with Gasteiger partial charge in [-0.2, -0.15) is 0 Å². The van der Waals surface area contributed by atoms with Crippen molar-refractivity contribution in [1.82, 2.24) is 15.2 Å². The van der Waals surface area contributed by atoms with Gasteiger partial charge in [-0.15, -0.1) is 0 Å². The Balaban J connectivity index is 1.70. The molecular formula is C17H26ClN3O2. The Hall–Kier alpha value is -1.33. The smallest absolute Gasteiger partial charge is 0.234 e. The van der Waals surface area contributed by atoms with Crippen molar-refractivity contribution in [1.29, 1.82) is 0 Å². The van der Waals surface area contributed by atoms with Crippen LogP contribution in [0.25, 0.3) is 0 Å². The highest BCUT2D eigenvalue weighted by Gasteiger charge is 2.23. The zero-order valence-electron chi connectivity index (χ0n) is 14.1. The Morgan fingerprint density at radius 1 is 1.43 bits per heavy atom. The van der Waals surface area contributed by atoms with Gasteiger partial charge in [0.1, 0.15) is 10.8 Å². The maximum absolute atomic E-state index is 12.0. The number of nitrogens with one attached hydrogen (secondary N) is 1. The van der Waals surface area contributed by atoms with Gasteiger partial charge >= 0.3 is 0 Å². The molecular weight excluding hydrogens is 314 g/mol. The molecule has 23 heavy (non-hydrogen) atoms. The van der Waals surface area contributed by atoms with E-state index >= 15 is 0 Å². The lowest BCUT2D eigenvalue weighted by Gasteiger charge is -2.32.